The Balaban J connectivity index is 2.63. The number of anilines is 1. The van der Waals surface area contributed by atoms with Crippen molar-refractivity contribution in [1.29, 1.82) is 0 Å². The van der Waals surface area contributed by atoms with Crippen LogP contribution < -0.4 is 5.73 Å². The average molecular weight is 145 g/mol. The van der Waals surface area contributed by atoms with Gasteiger partial charge in [-0.25, -0.2) is 0 Å². The molecule has 11 heavy (non-hydrogen) atoms. The lowest BCUT2D eigenvalue weighted by Gasteiger charge is -2.03. The van der Waals surface area contributed by atoms with Gasteiger partial charge in [0.2, 0.25) is 0 Å². The first kappa shape index (κ1) is 6.47. The molecule has 1 aromatic rings. The monoisotopic (exact) mass is 145 g/mol. The first-order valence-electron chi connectivity index (χ1n) is 3.83. The second-order valence-corrected chi connectivity index (χ2v) is 3.01. The molecule has 2 rings (SSSR count). The fourth-order valence-corrected chi connectivity index (χ4v) is 1.45. The Hall–Kier alpha value is -1.24. The van der Waals surface area contributed by atoms with Gasteiger partial charge in [0.05, 0.1) is 0 Å². The van der Waals surface area contributed by atoms with Crippen molar-refractivity contribution in [1.82, 2.24) is 0 Å². The summed E-state index contributed by atoms with van der Waals surface area (Å²) in [5.41, 5.74) is 10.5. The maximum atomic E-state index is 5.76. The van der Waals surface area contributed by atoms with Crippen LogP contribution in [-0.4, -0.2) is 0 Å². The molecule has 1 aliphatic carbocycles. The van der Waals surface area contributed by atoms with Crippen molar-refractivity contribution in [2.75, 3.05) is 5.73 Å². The van der Waals surface area contributed by atoms with Crippen molar-refractivity contribution < 1.29 is 0 Å². The number of fused-ring (bicyclic) bond motifs is 1. The van der Waals surface area contributed by atoms with E-state index in [9.17, 15) is 0 Å². The van der Waals surface area contributed by atoms with E-state index in [2.05, 4.69) is 18.2 Å². The first-order valence-corrected chi connectivity index (χ1v) is 3.83. The van der Waals surface area contributed by atoms with Crippen molar-refractivity contribution >= 4 is 11.8 Å². The summed E-state index contributed by atoms with van der Waals surface area (Å²) in [5, 5.41) is 0. The van der Waals surface area contributed by atoms with Gasteiger partial charge in [-0.2, -0.15) is 0 Å². The van der Waals surface area contributed by atoms with E-state index in [0.29, 0.717) is 0 Å². The molecule has 1 aromatic carbocycles. The van der Waals surface area contributed by atoms with Crippen LogP contribution in [0.2, 0.25) is 0 Å². The van der Waals surface area contributed by atoms with E-state index in [1.165, 1.54) is 16.7 Å². The van der Waals surface area contributed by atoms with Crippen LogP contribution in [0.25, 0.3) is 6.08 Å². The van der Waals surface area contributed by atoms with Crippen LogP contribution in [0.15, 0.2) is 18.2 Å². The molecule has 0 unspecified atom stereocenters. The highest BCUT2D eigenvalue weighted by Crippen LogP contribution is 2.24. The fourth-order valence-electron chi connectivity index (χ4n) is 1.45. The number of benzene rings is 1. The van der Waals surface area contributed by atoms with Crippen molar-refractivity contribution in [3.05, 3.63) is 34.9 Å². The second kappa shape index (κ2) is 2.12. The molecule has 0 aromatic heterocycles. The zero-order chi connectivity index (χ0) is 7.84. The third-order valence-corrected chi connectivity index (χ3v) is 2.16. The van der Waals surface area contributed by atoms with Crippen LogP contribution in [0.3, 0.4) is 0 Å². The van der Waals surface area contributed by atoms with Gasteiger partial charge < -0.3 is 5.73 Å². The average Bonchev–Trinajstić information content (AvgIpc) is 2.36. The molecule has 0 fully saturated rings. The van der Waals surface area contributed by atoms with Gasteiger partial charge in [0.25, 0.3) is 0 Å². The number of rotatable bonds is 0. The Bertz CT molecular complexity index is 324. The van der Waals surface area contributed by atoms with Gasteiger partial charge >= 0.3 is 0 Å². The maximum Gasteiger partial charge on any atom is 0.0349 e. The summed E-state index contributed by atoms with van der Waals surface area (Å²) in [6.45, 7) is 2.05. The van der Waals surface area contributed by atoms with Crippen LogP contribution in [0.5, 0.6) is 0 Å². The van der Waals surface area contributed by atoms with Gasteiger partial charge in [-0.1, -0.05) is 18.2 Å². The molecule has 1 nitrogen and oxygen atoms in total. The van der Waals surface area contributed by atoms with Gasteiger partial charge in [0.1, 0.15) is 0 Å². The minimum absolute atomic E-state index is 0.898. The van der Waals surface area contributed by atoms with E-state index in [0.717, 1.165) is 12.1 Å². The molecule has 0 aliphatic heterocycles. The lowest BCUT2D eigenvalue weighted by atomic mass is 10.1. The van der Waals surface area contributed by atoms with E-state index < -0.39 is 0 Å². The minimum Gasteiger partial charge on any atom is -0.398 e. The van der Waals surface area contributed by atoms with E-state index in [4.69, 9.17) is 5.73 Å². The number of nitrogens with two attached hydrogens (primary N) is 1. The predicted octanol–water partition coefficient (Wildman–Crippen LogP) is 2.15. The van der Waals surface area contributed by atoms with E-state index >= 15 is 0 Å². The topological polar surface area (TPSA) is 26.0 Å². The lowest BCUT2D eigenvalue weighted by Crippen LogP contribution is -1.92. The number of hydrogen-bond donors (Lipinski definition) is 1. The number of hydrogen-bond acceptors (Lipinski definition) is 1. The van der Waals surface area contributed by atoms with E-state index in [1.807, 2.05) is 13.0 Å². The molecular formula is C10H11N. The number of nitrogen functional groups attached to an aromatic ring is 1. The molecule has 0 saturated heterocycles. The molecule has 2 N–H and O–H groups in total. The highest BCUT2D eigenvalue weighted by molar-refractivity contribution is 5.66. The van der Waals surface area contributed by atoms with Crippen LogP contribution >= 0.6 is 0 Å². The summed E-state index contributed by atoms with van der Waals surface area (Å²) < 4.78 is 0. The number of allylic oxidation sites excluding steroid dienone is 1. The third-order valence-electron chi connectivity index (χ3n) is 2.16. The fraction of sp³-hybridized carbons (Fsp3) is 0.200. The van der Waals surface area contributed by atoms with Gasteiger partial charge in [-0.05, 0) is 36.1 Å². The molecule has 1 heteroatoms. The summed E-state index contributed by atoms with van der Waals surface area (Å²) in [6, 6.07) is 4.22. The first-order chi connectivity index (χ1) is 5.27. The molecule has 0 saturated carbocycles. The lowest BCUT2D eigenvalue weighted by molar-refractivity contribution is 1.28. The Morgan fingerprint density at radius 1 is 1.36 bits per heavy atom. The van der Waals surface area contributed by atoms with Crippen molar-refractivity contribution in [2.24, 2.45) is 0 Å². The van der Waals surface area contributed by atoms with Crippen molar-refractivity contribution in [3.8, 4) is 0 Å². The second-order valence-electron chi connectivity index (χ2n) is 3.01. The summed E-state index contributed by atoms with van der Waals surface area (Å²) >= 11 is 0. The Kier molecular flexibility index (Phi) is 1.25. The summed E-state index contributed by atoms with van der Waals surface area (Å²) in [5.74, 6) is 0. The van der Waals surface area contributed by atoms with E-state index in [-0.39, 0.29) is 0 Å². The summed E-state index contributed by atoms with van der Waals surface area (Å²) in [4.78, 5) is 0. The molecule has 0 bridgehead atoms. The highest BCUT2D eigenvalue weighted by atomic mass is 14.6. The molecule has 56 valence electrons. The van der Waals surface area contributed by atoms with Crippen LogP contribution in [-0.2, 0) is 6.42 Å². The largest absolute Gasteiger partial charge is 0.398 e. The molecule has 0 radical (unpaired) electrons. The molecule has 1 aliphatic rings. The third kappa shape index (κ3) is 0.929. The maximum absolute atomic E-state index is 5.76. The Labute approximate surface area is 66.5 Å². The van der Waals surface area contributed by atoms with Crippen molar-refractivity contribution in [3.63, 3.8) is 0 Å². The van der Waals surface area contributed by atoms with Gasteiger partial charge in [0, 0.05) is 5.69 Å². The summed E-state index contributed by atoms with van der Waals surface area (Å²) in [6.07, 6.45) is 5.37. The molecule has 0 atom stereocenters. The van der Waals surface area contributed by atoms with Crippen LogP contribution in [0.4, 0.5) is 5.69 Å². The zero-order valence-electron chi connectivity index (χ0n) is 6.59. The van der Waals surface area contributed by atoms with Gasteiger partial charge in [-0.15, -0.1) is 0 Å². The SMILES string of the molecule is Cc1cc2c(cc1N)C=CC2. The molecular weight excluding hydrogens is 134 g/mol. The van der Waals surface area contributed by atoms with Crippen LogP contribution in [0, 0.1) is 6.92 Å². The van der Waals surface area contributed by atoms with E-state index in [1.54, 1.807) is 0 Å². The Morgan fingerprint density at radius 3 is 3.00 bits per heavy atom. The minimum atomic E-state index is 0.898. The number of aryl methyl sites for hydroxylation is 1. The zero-order valence-corrected chi connectivity index (χ0v) is 6.59. The van der Waals surface area contributed by atoms with Gasteiger partial charge in [0.15, 0.2) is 0 Å². The quantitative estimate of drug-likeness (QED) is 0.556. The summed E-state index contributed by atoms with van der Waals surface area (Å²) in [7, 11) is 0. The Morgan fingerprint density at radius 2 is 2.18 bits per heavy atom. The highest BCUT2D eigenvalue weighted by Gasteiger charge is 2.05. The predicted molar refractivity (Wildman–Crippen MR) is 48.3 cm³/mol. The van der Waals surface area contributed by atoms with Crippen LogP contribution in [0.1, 0.15) is 16.7 Å². The molecule has 0 spiro atoms. The molecule has 0 heterocycles. The van der Waals surface area contributed by atoms with Gasteiger partial charge in [-0.3, -0.25) is 0 Å². The van der Waals surface area contributed by atoms with Crippen molar-refractivity contribution in [2.45, 2.75) is 13.3 Å². The standard InChI is InChI=1S/C10H11N/c1-7-5-8-3-2-4-9(8)6-10(7)11/h2,4-6H,3,11H2,1H3. The smallest absolute Gasteiger partial charge is 0.0349 e. The molecule has 0 amide bonds. The normalized spacial score (nSPS) is 13.5.